The van der Waals surface area contributed by atoms with Crippen molar-refractivity contribution in [2.45, 2.75) is 38.0 Å². The molecule has 1 fully saturated rings. The van der Waals surface area contributed by atoms with Gasteiger partial charge in [0.15, 0.2) is 0 Å². The number of carbonyl (C=O) groups is 3. The zero-order valence-electron chi connectivity index (χ0n) is 12.9. The van der Waals surface area contributed by atoms with Crippen molar-refractivity contribution in [1.29, 1.82) is 0 Å². The van der Waals surface area contributed by atoms with Gasteiger partial charge >= 0.3 is 0 Å². The maximum Gasteiger partial charge on any atom is 0.229 e. The fourth-order valence-corrected chi connectivity index (χ4v) is 3.39. The summed E-state index contributed by atoms with van der Waals surface area (Å²) < 4.78 is 0. The second-order valence-corrected chi connectivity index (χ2v) is 6.02. The number of benzene rings is 1. The van der Waals surface area contributed by atoms with Gasteiger partial charge in [-0.25, -0.2) is 0 Å². The molecule has 0 bridgehead atoms. The molecule has 1 unspecified atom stereocenters. The Bertz CT molecular complexity index is 640. The Hall–Kier alpha value is -2.37. The number of nitrogens with zero attached hydrogens (tertiary/aromatic N) is 1. The van der Waals surface area contributed by atoms with Crippen LogP contribution in [0.25, 0.3) is 0 Å². The first-order valence-electron chi connectivity index (χ1n) is 7.99. The van der Waals surface area contributed by atoms with E-state index >= 15 is 0 Å². The van der Waals surface area contributed by atoms with Crippen LogP contribution < -0.4 is 5.32 Å². The van der Waals surface area contributed by atoms with Gasteiger partial charge in [0.2, 0.25) is 17.7 Å². The second-order valence-electron chi connectivity index (χ2n) is 6.02. The summed E-state index contributed by atoms with van der Waals surface area (Å²) in [4.78, 5) is 36.7. The van der Waals surface area contributed by atoms with Gasteiger partial charge in [-0.05, 0) is 36.5 Å². The van der Waals surface area contributed by atoms with Crippen molar-refractivity contribution < 1.29 is 19.5 Å². The molecular formula is C17H20N2O4. The summed E-state index contributed by atoms with van der Waals surface area (Å²) in [6.07, 6.45) is 2.91. The minimum atomic E-state index is -0.282. The van der Waals surface area contributed by atoms with E-state index in [1.807, 2.05) is 6.07 Å². The number of hydrogen-bond acceptors (Lipinski definition) is 4. The molecular weight excluding hydrogens is 296 g/mol. The van der Waals surface area contributed by atoms with Gasteiger partial charge in [-0.15, -0.1) is 0 Å². The minimum Gasteiger partial charge on any atom is -0.508 e. The van der Waals surface area contributed by atoms with Gasteiger partial charge in [0, 0.05) is 25.9 Å². The largest absolute Gasteiger partial charge is 0.508 e. The van der Waals surface area contributed by atoms with Gasteiger partial charge in [0.1, 0.15) is 5.75 Å². The van der Waals surface area contributed by atoms with E-state index in [9.17, 15) is 19.5 Å². The first kappa shape index (κ1) is 15.5. The number of imide groups is 1. The molecule has 0 spiro atoms. The molecule has 6 nitrogen and oxygen atoms in total. The molecule has 1 atom stereocenters. The summed E-state index contributed by atoms with van der Waals surface area (Å²) in [6, 6.07) is 5.27. The topological polar surface area (TPSA) is 86.7 Å². The molecule has 3 rings (SSSR count). The van der Waals surface area contributed by atoms with Crippen molar-refractivity contribution in [3.63, 3.8) is 0 Å². The summed E-state index contributed by atoms with van der Waals surface area (Å²) >= 11 is 0. The van der Waals surface area contributed by atoms with E-state index in [0.29, 0.717) is 0 Å². The molecule has 1 heterocycles. The number of phenolic OH excluding ortho intramolecular Hbond substituents is 1. The van der Waals surface area contributed by atoms with E-state index < -0.39 is 0 Å². The smallest absolute Gasteiger partial charge is 0.229 e. The monoisotopic (exact) mass is 316 g/mol. The summed E-state index contributed by atoms with van der Waals surface area (Å²) in [5, 5.41) is 12.7. The number of aromatic hydroxyl groups is 1. The highest BCUT2D eigenvalue weighted by Crippen LogP contribution is 2.36. The Labute approximate surface area is 134 Å². The summed E-state index contributed by atoms with van der Waals surface area (Å²) in [5.41, 5.74) is 1.73. The highest BCUT2D eigenvalue weighted by atomic mass is 16.3. The Balaban J connectivity index is 1.61. The molecule has 0 saturated carbocycles. The van der Waals surface area contributed by atoms with E-state index in [1.165, 1.54) is 4.90 Å². The van der Waals surface area contributed by atoms with E-state index in [4.69, 9.17) is 0 Å². The Kier molecular flexibility index (Phi) is 4.32. The lowest BCUT2D eigenvalue weighted by Gasteiger charge is -2.25. The molecule has 6 heteroatoms. The van der Waals surface area contributed by atoms with Crippen molar-refractivity contribution in [2.75, 3.05) is 13.1 Å². The predicted molar refractivity (Wildman–Crippen MR) is 82.7 cm³/mol. The van der Waals surface area contributed by atoms with Gasteiger partial charge < -0.3 is 10.4 Å². The van der Waals surface area contributed by atoms with Crippen molar-refractivity contribution >= 4 is 17.7 Å². The molecule has 1 aliphatic carbocycles. The van der Waals surface area contributed by atoms with Gasteiger partial charge in [0.25, 0.3) is 0 Å². The molecule has 3 amide bonds. The summed E-state index contributed by atoms with van der Waals surface area (Å²) in [6.45, 7) is 0.490. The van der Waals surface area contributed by atoms with Gasteiger partial charge in [-0.3, -0.25) is 19.3 Å². The lowest BCUT2D eigenvalue weighted by atomic mass is 9.82. The molecule has 1 aliphatic heterocycles. The maximum absolute atomic E-state index is 12.4. The number of rotatable bonds is 4. The molecule has 2 N–H and O–H groups in total. The van der Waals surface area contributed by atoms with E-state index in [0.717, 1.165) is 30.4 Å². The molecule has 2 aliphatic rings. The summed E-state index contributed by atoms with van der Waals surface area (Å²) in [5.74, 6) is -0.492. The lowest BCUT2D eigenvalue weighted by molar-refractivity contribution is -0.138. The molecule has 0 aromatic heterocycles. The van der Waals surface area contributed by atoms with Crippen LogP contribution in [0.1, 0.15) is 42.7 Å². The zero-order chi connectivity index (χ0) is 16.4. The van der Waals surface area contributed by atoms with E-state index in [1.54, 1.807) is 12.1 Å². The fraction of sp³-hybridized carbons (Fsp3) is 0.471. The van der Waals surface area contributed by atoms with Crippen LogP contribution >= 0.6 is 0 Å². The molecule has 1 aromatic rings. The standard InChI is InChI=1S/C17H20N2O4/c20-14-6-2-3-11-12(14)4-1-5-13(11)17(23)18-9-10-19-15(21)7-8-16(19)22/h2-3,6,13,20H,1,4-5,7-10H2,(H,18,23). The van der Waals surface area contributed by atoms with Crippen molar-refractivity contribution in [2.24, 2.45) is 0 Å². The number of carbonyl (C=O) groups excluding carboxylic acids is 3. The van der Waals surface area contributed by atoms with Crippen LogP contribution in [0.4, 0.5) is 0 Å². The molecule has 0 radical (unpaired) electrons. The van der Waals surface area contributed by atoms with Gasteiger partial charge in [0.05, 0.1) is 5.92 Å². The third-order valence-electron chi connectivity index (χ3n) is 4.59. The molecule has 122 valence electrons. The van der Waals surface area contributed by atoms with Crippen LogP contribution in [0.5, 0.6) is 5.75 Å². The minimum absolute atomic E-state index is 0.115. The highest BCUT2D eigenvalue weighted by Gasteiger charge is 2.30. The first-order chi connectivity index (χ1) is 11.1. The van der Waals surface area contributed by atoms with Crippen LogP contribution in [-0.4, -0.2) is 40.8 Å². The third kappa shape index (κ3) is 3.06. The second kappa shape index (κ2) is 6.40. The van der Waals surface area contributed by atoms with Crippen LogP contribution in [-0.2, 0) is 20.8 Å². The fourth-order valence-electron chi connectivity index (χ4n) is 3.39. The zero-order valence-corrected chi connectivity index (χ0v) is 12.9. The average molecular weight is 316 g/mol. The van der Waals surface area contributed by atoms with Crippen LogP contribution in [0.15, 0.2) is 18.2 Å². The Morgan fingerprint density at radius 1 is 1.22 bits per heavy atom. The van der Waals surface area contributed by atoms with E-state index in [2.05, 4.69) is 5.32 Å². The predicted octanol–water partition coefficient (Wildman–Crippen LogP) is 1.08. The quantitative estimate of drug-likeness (QED) is 0.814. The number of likely N-dealkylation sites (tertiary alicyclic amines) is 1. The third-order valence-corrected chi connectivity index (χ3v) is 4.59. The van der Waals surface area contributed by atoms with Gasteiger partial charge in [-0.1, -0.05) is 12.1 Å². The normalized spacial score (nSPS) is 20.5. The Morgan fingerprint density at radius 3 is 2.70 bits per heavy atom. The number of nitrogens with one attached hydrogen (secondary N) is 1. The van der Waals surface area contributed by atoms with Gasteiger partial charge in [-0.2, -0.15) is 0 Å². The molecule has 23 heavy (non-hydrogen) atoms. The number of amides is 3. The van der Waals surface area contributed by atoms with Crippen LogP contribution in [0.2, 0.25) is 0 Å². The van der Waals surface area contributed by atoms with Crippen LogP contribution in [0, 0.1) is 0 Å². The highest BCUT2D eigenvalue weighted by molar-refractivity contribution is 6.01. The lowest BCUT2D eigenvalue weighted by Crippen LogP contribution is -2.39. The maximum atomic E-state index is 12.4. The van der Waals surface area contributed by atoms with Crippen LogP contribution in [0.3, 0.4) is 0 Å². The Morgan fingerprint density at radius 2 is 1.96 bits per heavy atom. The number of phenols is 1. The first-order valence-corrected chi connectivity index (χ1v) is 7.99. The van der Waals surface area contributed by atoms with Crippen molar-refractivity contribution in [3.8, 4) is 5.75 Å². The van der Waals surface area contributed by atoms with E-state index in [-0.39, 0.29) is 55.3 Å². The van der Waals surface area contributed by atoms with Crippen molar-refractivity contribution in [1.82, 2.24) is 10.2 Å². The average Bonchev–Trinajstić information content (AvgIpc) is 2.86. The van der Waals surface area contributed by atoms with Crippen molar-refractivity contribution in [3.05, 3.63) is 29.3 Å². The number of fused-ring (bicyclic) bond motifs is 1. The number of hydrogen-bond donors (Lipinski definition) is 2. The molecule has 1 aromatic carbocycles. The molecule has 1 saturated heterocycles. The summed E-state index contributed by atoms with van der Waals surface area (Å²) in [7, 11) is 0. The SMILES string of the molecule is O=C(NCCN1C(=O)CCC1=O)C1CCCc2c(O)cccc21.